The van der Waals surface area contributed by atoms with Crippen LogP contribution in [0.15, 0.2) is 48.5 Å². The molecule has 2 aromatic rings. The topological polar surface area (TPSA) is 91.0 Å². The molecule has 0 atom stereocenters. The summed E-state index contributed by atoms with van der Waals surface area (Å²) < 4.78 is 40.4. The maximum Gasteiger partial charge on any atom is 0.573 e. The molecule has 0 spiro atoms. The number of piperazine rings is 1. The van der Waals surface area contributed by atoms with Crippen LogP contribution in [-0.2, 0) is 9.59 Å². The predicted octanol–water partition coefficient (Wildman–Crippen LogP) is 2.94. The molecular formula is C22H23F3N4O4. The molecule has 2 aromatic carbocycles. The van der Waals surface area contributed by atoms with Gasteiger partial charge in [-0.15, -0.1) is 13.2 Å². The molecule has 0 unspecified atom stereocenters. The largest absolute Gasteiger partial charge is 0.573 e. The van der Waals surface area contributed by atoms with Crippen LogP contribution in [-0.4, -0.2) is 66.6 Å². The number of hydrogen-bond acceptors (Lipinski definition) is 5. The number of carbonyl (C=O) groups is 3. The van der Waals surface area contributed by atoms with E-state index in [2.05, 4.69) is 15.4 Å². The first kappa shape index (κ1) is 24.1. The van der Waals surface area contributed by atoms with E-state index in [1.165, 1.54) is 19.1 Å². The standard InChI is InChI=1S/C22H23F3N4O4/c1-15(30)26-18-4-2-3-16(13-18)21(32)29-11-9-28(10-12-29)14-20(31)27-17-5-7-19(8-6-17)33-22(23,24)25/h2-8,13H,9-12,14H2,1H3,(H,26,30)(H,27,31). The molecule has 11 heteroatoms. The highest BCUT2D eigenvalue weighted by atomic mass is 19.4. The average molecular weight is 464 g/mol. The van der Waals surface area contributed by atoms with Gasteiger partial charge in [-0.1, -0.05) is 6.07 Å². The van der Waals surface area contributed by atoms with E-state index in [0.29, 0.717) is 43.1 Å². The minimum Gasteiger partial charge on any atom is -0.406 e. The third-order valence-corrected chi connectivity index (χ3v) is 4.83. The molecule has 8 nitrogen and oxygen atoms in total. The van der Waals surface area contributed by atoms with Crippen molar-refractivity contribution in [2.24, 2.45) is 0 Å². The van der Waals surface area contributed by atoms with E-state index in [4.69, 9.17) is 0 Å². The fraction of sp³-hybridized carbons (Fsp3) is 0.318. The molecule has 1 saturated heterocycles. The third kappa shape index (κ3) is 7.49. The molecule has 0 bridgehead atoms. The monoisotopic (exact) mass is 464 g/mol. The number of alkyl halides is 3. The van der Waals surface area contributed by atoms with Gasteiger partial charge in [0, 0.05) is 50.0 Å². The summed E-state index contributed by atoms with van der Waals surface area (Å²) in [5.74, 6) is -1.07. The van der Waals surface area contributed by atoms with Crippen molar-refractivity contribution in [3.05, 3.63) is 54.1 Å². The highest BCUT2D eigenvalue weighted by Crippen LogP contribution is 2.24. The lowest BCUT2D eigenvalue weighted by atomic mass is 10.1. The summed E-state index contributed by atoms with van der Waals surface area (Å²) in [6.07, 6.45) is -4.78. The van der Waals surface area contributed by atoms with Crippen molar-refractivity contribution in [2.45, 2.75) is 13.3 Å². The fourth-order valence-electron chi connectivity index (χ4n) is 3.37. The van der Waals surface area contributed by atoms with Gasteiger partial charge in [-0.05, 0) is 42.5 Å². The van der Waals surface area contributed by atoms with E-state index < -0.39 is 6.36 Å². The van der Waals surface area contributed by atoms with Crippen LogP contribution in [0.3, 0.4) is 0 Å². The summed E-state index contributed by atoms with van der Waals surface area (Å²) in [5, 5.41) is 5.27. The quantitative estimate of drug-likeness (QED) is 0.686. The zero-order valence-electron chi connectivity index (χ0n) is 17.8. The zero-order chi connectivity index (χ0) is 24.0. The van der Waals surface area contributed by atoms with Crippen LogP contribution in [0.2, 0.25) is 0 Å². The smallest absolute Gasteiger partial charge is 0.406 e. The van der Waals surface area contributed by atoms with Crippen LogP contribution in [0, 0.1) is 0 Å². The van der Waals surface area contributed by atoms with Crippen LogP contribution in [0.25, 0.3) is 0 Å². The first-order valence-electron chi connectivity index (χ1n) is 10.1. The van der Waals surface area contributed by atoms with Crippen molar-refractivity contribution < 1.29 is 32.3 Å². The van der Waals surface area contributed by atoms with Gasteiger partial charge in [-0.3, -0.25) is 19.3 Å². The summed E-state index contributed by atoms with van der Waals surface area (Å²) in [5.41, 5.74) is 1.36. The molecule has 2 N–H and O–H groups in total. The molecular weight excluding hydrogens is 441 g/mol. The number of amides is 3. The van der Waals surface area contributed by atoms with E-state index in [0.717, 1.165) is 12.1 Å². The van der Waals surface area contributed by atoms with Crippen LogP contribution >= 0.6 is 0 Å². The molecule has 1 aliphatic heterocycles. The predicted molar refractivity (Wildman–Crippen MR) is 115 cm³/mol. The maximum atomic E-state index is 12.8. The summed E-state index contributed by atoms with van der Waals surface area (Å²) in [6.45, 7) is 3.31. The van der Waals surface area contributed by atoms with Gasteiger partial charge in [-0.25, -0.2) is 0 Å². The third-order valence-electron chi connectivity index (χ3n) is 4.83. The number of hydrogen-bond donors (Lipinski definition) is 2. The van der Waals surface area contributed by atoms with E-state index in [1.54, 1.807) is 29.2 Å². The Kier molecular flexibility index (Phi) is 7.54. The molecule has 0 saturated carbocycles. The highest BCUT2D eigenvalue weighted by Gasteiger charge is 2.31. The van der Waals surface area contributed by atoms with E-state index in [9.17, 15) is 27.6 Å². The number of halogens is 3. The molecule has 1 fully saturated rings. The minimum absolute atomic E-state index is 0.0842. The van der Waals surface area contributed by atoms with Crippen molar-refractivity contribution in [1.82, 2.24) is 9.80 Å². The van der Waals surface area contributed by atoms with Gasteiger partial charge in [0.05, 0.1) is 6.54 Å². The number of ether oxygens (including phenoxy) is 1. The summed E-state index contributed by atoms with van der Waals surface area (Å²) in [6, 6.07) is 11.6. The number of carbonyl (C=O) groups excluding carboxylic acids is 3. The van der Waals surface area contributed by atoms with Crippen molar-refractivity contribution in [2.75, 3.05) is 43.4 Å². The Labute approximate surface area is 188 Å². The number of nitrogens with one attached hydrogen (secondary N) is 2. The normalized spacial score (nSPS) is 14.5. The van der Waals surface area contributed by atoms with Gasteiger partial charge in [0.15, 0.2) is 0 Å². The Balaban J connectivity index is 1.46. The number of benzene rings is 2. The molecule has 1 aliphatic rings. The van der Waals surface area contributed by atoms with Gasteiger partial charge in [0.2, 0.25) is 11.8 Å². The maximum absolute atomic E-state index is 12.8. The first-order valence-corrected chi connectivity index (χ1v) is 10.1. The van der Waals surface area contributed by atoms with Crippen molar-refractivity contribution in [1.29, 1.82) is 0 Å². The Hall–Kier alpha value is -3.60. The number of anilines is 2. The lowest BCUT2D eigenvalue weighted by molar-refractivity contribution is -0.274. The lowest BCUT2D eigenvalue weighted by Crippen LogP contribution is -2.50. The Morgan fingerprint density at radius 1 is 0.939 bits per heavy atom. The molecule has 3 amide bonds. The van der Waals surface area contributed by atoms with Crippen molar-refractivity contribution in [3.8, 4) is 5.75 Å². The van der Waals surface area contributed by atoms with Crippen molar-refractivity contribution >= 4 is 29.1 Å². The second kappa shape index (κ2) is 10.3. The summed E-state index contributed by atoms with van der Waals surface area (Å²) in [7, 11) is 0. The number of rotatable bonds is 6. The molecule has 0 radical (unpaired) electrons. The summed E-state index contributed by atoms with van der Waals surface area (Å²) in [4.78, 5) is 39.8. The molecule has 176 valence electrons. The average Bonchev–Trinajstić information content (AvgIpc) is 2.74. The van der Waals surface area contributed by atoms with Gasteiger partial charge >= 0.3 is 6.36 Å². The van der Waals surface area contributed by atoms with Gasteiger partial charge in [0.1, 0.15) is 5.75 Å². The van der Waals surface area contributed by atoms with E-state index in [-0.39, 0.29) is 30.0 Å². The molecule has 33 heavy (non-hydrogen) atoms. The van der Waals surface area contributed by atoms with E-state index in [1.807, 2.05) is 4.90 Å². The van der Waals surface area contributed by atoms with Crippen LogP contribution in [0.4, 0.5) is 24.5 Å². The van der Waals surface area contributed by atoms with Crippen LogP contribution in [0.5, 0.6) is 5.75 Å². The first-order chi connectivity index (χ1) is 15.6. The van der Waals surface area contributed by atoms with Gasteiger partial charge < -0.3 is 20.3 Å². The Morgan fingerprint density at radius 2 is 1.61 bits per heavy atom. The van der Waals surface area contributed by atoms with Gasteiger partial charge in [-0.2, -0.15) is 0 Å². The van der Waals surface area contributed by atoms with Gasteiger partial charge in [0.25, 0.3) is 5.91 Å². The van der Waals surface area contributed by atoms with Crippen molar-refractivity contribution in [3.63, 3.8) is 0 Å². The minimum atomic E-state index is -4.78. The zero-order valence-corrected chi connectivity index (χ0v) is 17.8. The SMILES string of the molecule is CC(=O)Nc1cccc(C(=O)N2CCN(CC(=O)Nc3ccc(OC(F)(F)F)cc3)CC2)c1. The Morgan fingerprint density at radius 3 is 2.21 bits per heavy atom. The van der Waals surface area contributed by atoms with E-state index >= 15 is 0 Å². The van der Waals surface area contributed by atoms with Crippen LogP contribution < -0.4 is 15.4 Å². The molecule has 3 rings (SSSR count). The second-order valence-electron chi connectivity index (χ2n) is 7.45. The molecule has 0 aliphatic carbocycles. The van der Waals surface area contributed by atoms with Crippen LogP contribution in [0.1, 0.15) is 17.3 Å². The molecule has 0 aromatic heterocycles. The summed E-state index contributed by atoms with van der Waals surface area (Å²) >= 11 is 0. The second-order valence-corrected chi connectivity index (χ2v) is 7.45. The highest BCUT2D eigenvalue weighted by molar-refractivity contribution is 5.97. The molecule has 1 heterocycles. The number of nitrogens with zero attached hydrogens (tertiary/aromatic N) is 2. The fourth-order valence-corrected chi connectivity index (χ4v) is 3.37. The Bertz CT molecular complexity index is 1000. The lowest BCUT2D eigenvalue weighted by Gasteiger charge is -2.34.